The number of halogens is 1. The van der Waals surface area contributed by atoms with Gasteiger partial charge in [-0.15, -0.1) is 0 Å². The minimum absolute atomic E-state index is 0.345. The second-order valence-electron chi connectivity index (χ2n) is 7.76. The molecular formula is C26H24ClNO2. The lowest BCUT2D eigenvalue weighted by atomic mass is 9.99. The SMILES string of the molecule is CC(C)c1cc(Cn2ccc3c(C(=O)Cl)cccc32)ccc1OCc1ccccc1. The summed E-state index contributed by atoms with van der Waals surface area (Å²) in [6.45, 7) is 5.62. The van der Waals surface area contributed by atoms with Gasteiger partial charge in [-0.05, 0) is 58.5 Å². The Kier molecular flexibility index (Phi) is 5.91. The number of hydrogen-bond donors (Lipinski definition) is 0. The van der Waals surface area contributed by atoms with Gasteiger partial charge in [0.25, 0.3) is 5.24 Å². The Hall–Kier alpha value is -3.04. The van der Waals surface area contributed by atoms with Crippen LogP contribution in [0.5, 0.6) is 5.75 Å². The molecule has 1 aromatic heterocycles. The van der Waals surface area contributed by atoms with E-state index in [9.17, 15) is 4.79 Å². The third kappa shape index (κ3) is 4.27. The first-order valence-electron chi connectivity index (χ1n) is 10.1. The number of benzene rings is 3. The predicted molar refractivity (Wildman–Crippen MR) is 123 cm³/mol. The van der Waals surface area contributed by atoms with E-state index >= 15 is 0 Å². The number of fused-ring (bicyclic) bond motifs is 1. The highest BCUT2D eigenvalue weighted by Crippen LogP contribution is 2.29. The first kappa shape index (κ1) is 20.2. The molecule has 4 rings (SSSR count). The predicted octanol–water partition coefficient (Wildman–Crippen LogP) is 6.77. The van der Waals surface area contributed by atoms with Crippen LogP contribution in [-0.2, 0) is 13.2 Å². The molecule has 0 aliphatic carbocycles. The minimum atomic E-state index is -0.430. The Bertz CT molecular complexity index is 1180. The van der Waals surface area contributed by atoms with Crippen molar-refractivity contribution in [2.45, 2.75) is 32.9 Å². The van der Waals surface area contributed by atoms with Crippen molar-refractivity contribution in [3.63, 3.8) is 0 Å². The zero-order chi connectivity index (χ0) is 21.1. The number of carbonyl (C=O) groups is 1. The Balaban J connectivity index is 1.59. The van der Waals surface area contributed by atoms with Gasteiger partial charge in [0.15, 0.2) is 0 Å². The van der Waals surface area contributed by atoms with Crippen molar-refractivity contribution in [1.82, 2.24) is 4.57 Å². The topological polar surface area (TPSA) is 31.2 Å². The molecule has 0 radical (unpaired) electrons. The summed E-state index contributed by atoms with van der Waals surface area (Å²) in [6.07, 6.45) is 2.00. The summed E-state index contributed by atoms with van der Waals surface area (Å²) in [6, 6.07) is 24.2. The fourth-order valence-electron chi connectivity index (χ4n) is 3.74. The van der Waals surface area contributed by atoms with Gasteiger partial charge < -0.3 is 9.30 Å². The van der Waals surface area contributed by atoms with Gasteiger partial charge in [0.2, 0.25) is 0 Å². The van der Waals surface area contributed by atoms with Gasteiger partial charge in [-0.3, -0.25) is 4.79 Å². The van der Waals surface area contributed by atoms with E-state index in [1.165, 1.54) is 11.1 Å². The maximum Gasteiger partial charge on any atom is 0.253 e. The van der Waals surface area contributed by atoms with Crippen molar-refractivity contribution in [1.29, 1.82) is 0 Å². The van der Waals surface area contributed by atoms with Crippen LogP contribution in [0.2, 0.25) is 0 Å². The zero-order valence-electron chi connectivity index (χ0n) is 17.1. The number of carbonyl (C=O) groups excluding carboxylic acids is 1. The van der Waals surface area contributed by atoms with Gasteiger partial charge in [0.1, 0.15) is 12.4 Å². The molecule has 30 heavy (non-hydrogen) atoms. The van der Waals surface area contributed by atoms with Crippen LogP contribution in [0.3, 0.4) is 0 Å². The van der Waals surface area contributed by atoms with Crippen molar-refractivity contribution in [2.75, 3.05) is 0 Å². The maximum absolute atomic E-state index is 11.7. The molecule has 152 valence electrons. The molecule has 0 amide bonds. The monoisotopic (exact) mass is 417 g/mol. The summed E-state index contributed by atoms with van der Waals surface area (Å²) < 4.78 is 8.27. The summed E-state index contributed by atoms with van der Waals surface area (Å²) in [5, 5.41) is 0.449. The van der Waals surface area contributed by atoms with Gasteiger partial charge in [-0.1, -0.05) is 62.4 Å². The summed E-state index contributed by atoms with van der Waals surface area (Å²) in [7, 11) is 0. The van der Waals surface area contributed by atoms with Gasteiger partial charge >= 0.3 is 0 Å². The molecule has 0 N–H and O–H groups in total. The molecule has 3 nitrogen and oxygen atoms in total. The molecule has 0 atom stereocenters. The molecular weight excluding hydrogens is 394 g/mol. The third-order valence-corrected chi connectivity index (χ3v) is 5.52. The fourth-order valence-corrected chi connectivity index (χ4v) is 3.91. The fraction of sp³-hybridized carbons (Fsp3) is 0.192. The van der Waals surface area contributed by atoms with Crippen LogP contribution in [-0.4, -0.2) is 9.81 Å². The first-order chi connectivity index (χ1) is 14.5. The highest BCUT2D eigenvalue weighted by Gasteiger charge is 2.13. The Morgan fingerprint density at radius 2 is 1.77 bits per heavy atom. The van der Waals surface area contributed by atoms with E-state index < -0.39 is 5.24 Å². The van der Waals surface area contributed by atoms with Crippen LogP contribution in [0.4, 0.5) is 0 Å². The van der Waals surface area contributed by atoms with Crippen molar-refractivity contribution in [2.24, 2.45) is 0 Å². The van der Waals surface area contributed by atoms with Crippen LogP contribution in [0.1, 0.15) is 46.8 Å². The van der Waals surface area contributed by atoms with Crippen LogP contribution < -0.4 is 4.74 Å². The van der Waals surface area contributed by atoms with Crippen molar-refractivity contribution in [3.8, 4) is 5.75 Å². The first-order valence-corrected chi connectivity index (χ1v) is 10.5. The summed E-state index contributed by atoms with van der Waals surface area (Å²) >= 11 is 5.74. The van der Waals surface area contributed by atoms with E-state index in [1.54, 1.807) is 6.07 Å². The molecule has 4 aromatic rings. The molecule has 0 saturated heterocycles. The zero-order valence-corrected chi connectivity index (χ0v) is 17.9. The maximum atomic E-state index is 11.7. The minimum Gasteiger partial charge on any atom is -0.489 e. The van der Waals surface area contributed by atoms with Gasteiger partial charge in [-0.2, -0.15) is 0 Å². The quantitative estimate of drug-likeness (QED) is 0.310. The summed E-state index contributed by atoms with van der Waals surface area (Å²) in [4.78, 5) is 11.7. The van der Waals surface area contributed by atoms with Gasteiger partial charge in [0, 0.05) is 29.2 Å². The lowest BCUT2D eigenvalue weighted by Crippen LogP contribution is -2.03. The molecule has 4 heteroatoms. The largest absolute Gasteiger partial charge is 0.489 e. The Morgan fingerprint density at radius 3 is 2.50 bits per heavy atom. The number of ether oxygens (including phenoxy) is 1. The smallest absolute Gasteiger partial charge is 0.253 e. The van der Waals surface area contributed by atoms with Crippen LogP contribution in [0.15, 0.2) is 79.0 Å². The van der Waals surface area contributed by atoms with E-state index in [0.717, 1.165) is 22.2 Å². The normalized spacial score (nSPS) is 11.2. The molecule has 0 aliphatic heterocycles. The third-order valence-electron chi connectivity index (χ3n) is 5.31. The van der Waals surface area contributed by atoms with Crippen molar-refractivity contribution >= 4 is 27.7 Å². The second-order valence-corrected chi connectivity index (χ2v) is 8.10. The second kappa shape index (κ2) is 8.76. The van der Waals surface area contributed by atoms with Crippen LogP contribution in [0, 0.1) is 0 Å². The molecule has 0 aliphatic rings. The molecule has 3 aromatic carbocycles. The molecule has 1 heterocycles. The van der Waals surface area contributed by atoms with E-state index in [2.05, 4.69) is 48.7 Å². The Labute approximate surface area is 181 Å². The highest BCUT2D eigenvalue weighted by molar-refractivity contribution is 6.68. The molecule has 0 saturated carbocycles. The van der Waals surface area contributed by atoms with Crippen LogP contribution in [0.25, 0.3) is 10.9 Å². The average Bonchev–Trinajstić information content (AvgIpc) is 3.16. The lowest BCUT2D eigenvalue weighted by Gasteiger charge is -2.16. The van der Waals surface area contributed by atoms with E-state index in [-0.39, 0.29) is 0 Å². The summed E-state index contributed by atoms with van der Waals surface area (Å²) in [5.41, 5.74) is 5.07. The van der Waals surface area contributed by atoms with Gasteiger partial charge in [-0.25, -0.2) is 0 Å². The van der Waals surface area contributed by atoms with Crippen molar-refractivity contribution in [3.05, 3.63) is 101 Å². The number of hydrogen-bond acceptors (Lipinski definition) is 2. The number of rotatable bonds is 7. The van der Waals surface area contributed by atoms with E-state index in [1.807, 2.05) is 42.6 Å². The highest BCUT2D eigenvalue weighted by atomic mass is 35.5. The van der Waals surface area contributed by atoms with E-state index in [0.29, 0.717) is 24.6 Å². The van der Waals surface area contributed by atoms with Crippen molar-refractivity contribution < 1.29 is 9.53 Å². The van der Waals surface area contributed by atoms with Gasteiger partial charge in [0.05, 0.1) is 0 Å². The number of aromatic nitrogens is 1. The van der Waals surface area contributed by atoms with Crippen LogP contribution >= 0.6 is 11.6 Å². The Morgan fingerprint density at radius 1 is 0.967 bits per heavy atom. The average molecular weight is 418 g/mol. The van der Waals surface area contributed by atoms with E-state index in [4.69, 9.17) is 16.3 Å². The molecule has 0 bridgehead atoms. The molecule has 0 spiro atoms. The lowest BCUT2D eigenvalue weighted by molar-refractivity contribution is 0.108. The summed E-state index contributed by atoms with van der Waals surface area (Å²) in [5.74, 6) is 1.27. The molecule has 0 fully saturated rings. The number of nitrogens with zero attached hydrogens (tertiary/aromatic N) is 1. The molecule has 0 unspecified atom stereocenters. The standard InChI is InChI=1S/C26H24ClNO2/c1-18(2)23-15-20(11-12-25(23)30-17-19-7-4-3-5-8-19)16-28-14-13-21-22(26(27)29)9-6-10-24(21)28/h3-15,18H,16-17H2,1-2H3.